The fourth-order valence-corrected chi connectivity index (χ4v) is 7.47. The van der Waals surface area contributed by atoms with Crippen molar-refractivity contribution >= 4 is 56.8 Å². The second kappa shape index (κ2) is 17.3. The number of benzene rings is 9. The number of carbonyl (C=O) groups is 2. The van der Waals surface area contributed by atoms with E-state index >= 15 is 0 Å². The van der Waals surface area contributed by atoms with Crippen LogP contribution in [0.4, 0.5) is 34.1 Å². The molecule has 0 saturated heterocycles. The van der Waals surface area contributed by atoms with Crippen molar-refractivity contribution in [1.82, 2.24) is 0 Å². The molecule has 6 nitrogen and oxygen atoms in total. The Bertz CT molecular complexity index is 2870. The Morgan fingerprint density at radius 2 is 0.650 bits per heavy atom. The zero-order chi connectivity index (χ0) is 40.7. The number of esters is 2. The molecule has 0 aromatic heterocycles. The monoisotopic (exact) mass is 780 g/mol. The summed E-state index contributed by atoms with van der Waals surface area (Å²) >= 11 is 0. The summed E-state index contributed by atoms with van der Waals surface area (Å²) in [6.45, 7) is 0. The van der Waals surface area contributed by atoms with Crippen LogP contribution >= 0.6 is 0 Å². The van der Waals surface area contributed by atoms with E-state index in [-0.39, 0.29) is 5.97 Å². The molecule has 0 spiro atoms. The molecule has 288 valence electrons. The molecule has 0 amide bonds. The van der Waals surface area contributed by atoms with Gasteiger partial charge in [0, 0.05) is 48.5 Å². The van der Waals surface area contributed by atoms with E-state index in [0.29, 0.717) is 22.6 Å². The number of quaternary nitrogens is 2. The second-order valence-electron chi connectivity index (χ2n) is 14.4. The Morgan fingerprint density at radius 3 is 1.10 bits per heavy atom. The SMILES string of the molecule is O=C(Oc1ccc([NH+](c2ccccc2)c2ccc(-c3ccc([NH+](c4ccccc4)c4ccc(OC(=O)c5ccc6ccccc6c5)cc4)cc3)cc2)cc1)c1ccccc1. The minimum Gasteiger partial charge on any atom is -0.423 e. The van der Waals surface area contributed by atoms with Gasteiger partial charge in [0.1, 0.15) is 45.6 Å². The van der Waals surface area contributed by atoms with Crippen molar-refractivity contribution in [3.63, 3.8) is 0 Å². The van der Waals surface area contributed by atoms with Gasteiger partial charge < -0.3 is 9.47 Å². The smallest absolute Gasteiger partial charge is 0.343 e. The number of carbonyl (C=O) groups excluding carboxylic acids is 2. The van der Waals surface area contributed by atoms with Gasteiger partial charge in [-0.1, -0.05) is 84.9 Å². The van der Waals surface area contributed by atoms with Crippen molar-refractivity contribution in [3.05, 3.63) is 242 Å². The normalized spacial score (nSPS) is 12.0. The maximum Gasteiger partial charge on any atom is 0.343 e. The summed E-state index contributed by atoms with van der Waals surface area (Å²) in [7, 11) is 0. The first-order chi connectivity index (χ1) is 29.6. The van der Waals surface area contributed by atoms with Gasteiger partial charge in [0.05, 0.1) is 11.1 Å². The molecule has 2 atom stereocenters. The molecule has 6 heteroatoms. The average Bonchev–Trinajstić information content (AvgIpc) is 3.31. The van der Waals surface area contributed by atoms with Crippen molar-refractivity contribution in [2.24, 2.45) is 0 Å². The van der Waals surface area contributed by atoms with Gasteiger partial charge in [0.15, 0.2) is 0 Å². The van der Waals surface area contributed by atoms with Gasteiger partial charge in [-0.3, -0.25) is 0 Å². The molecule has 0 aliphatic carbocycles. The lowest BCUT2D eigenvalue weighted by molar-refractivity contribution is -0.681. The molecule has 0 bridgehead atoms. The largest absolute Gasteiger partial charge is 0.423 e. The molecule has 9 aromatic carbocycles. The van der Waals surface area contributed by atoms with Gasteiger partial charge >= 0.3 is 11.9 Å². The van der Waals surface area contributed by atoms with Crippen molar-refractivity contribution in [1.29, 1.82) is 0 Å². The minimum absolute atomic E-state index is 0.389. The van der Waals surface area contributed by atoms with Crippen LogP contribution in [0.15, 0.2) is 231 Å². The summed E-state index contributed by atoms with van der Waals surface area (Å²) in [5, 5.41) is 2.07. The number of ether oxygens (including phenoxy) is 2. The van der Waals surface area contributed by atoms with E-state index in [1.807, 2.05) is 140 Å². The maximum atomic E-state index is 13.1. The highest BCUT2D eigenvalue weighted by Crippen LogP contribution is 2.27. The predicted molar refractivity (Wildman–Crippen MR) is 238 cm³/mol. The molecule has 60 heavy (non-hydrogen) atoms. The Labute approximate surface area is 348 Å². The van der Waals surface area contributed by atoms with Crippen LogP contribution in [0.25, 0.3) is 21.9 Å². The van der Waals surface area contributed by atoms with E-state index in [1.165, 1.54) is 0 Å². The van der Waals surface area contributed by atoms with E-state index in [4.69, 9.17) is 9.47 Å². The Hall–Kier alpha value is -7.90. The van der Waals surface area contributed by atoms with Crippen LogP contribution in [-0.4, -0.2) is 11.9 Å². The zero-order valence-electron chi connectivity index (χ0n) is 32.6. The first-order valence-corrected chi connectivity index (χ1v) is 19.8. The fraction of sp³-hybridized carbons (Fsp3) is 0. The number of para-hydroxylation sites is 2. The number of nitrogens with one attached hydrogen (secondary N) is 2. The van der Waals surface area contributed by atoms with Crippen LogP contribution in [0.3, 0.4) is 0 Å². The Kier molecular flexibility index (Phi) is 10.9. The summed E-state index contributed by atoms with van der Waals surface area (Å²) in [6, 6.07) is 75.8. The van der Waals surface area contributed by atoms with Crippen molar-refractivity contribution in [2.75, 3.05) is 0 Å². The summed E-state index contributed by atoms with van der Waals surface area (Å²) in [6.07, 6.45) is 0. The summed E-state index contributed by atoms with van der Waals surface area (Å²) in [4.78, 5) is 27.9. The van der Waals surface area contributed by atoms with Crippen LogP contribution in [-0.2, 0) is 0 Å². The van der Waals surface area contributed by atoms with Crippen molar-refractivity contribution in [2.45, 2.75) is 0 Å². The number of hydrogen-bond acceptors (Lipinski definition) is 4. The topological polar surface area (TPSA) is 61.5 Å². The van der Waals surface area contributed by atoms with E-state index in [2.05, 4.69) is 72.8 Å². The quantitative estimate of drug-likeness (QED) is 0.101. The highest BCUT2D eigenvalue weighted by molar-refractivity contribution is 5.96. The first-order valence-electron chi connectivity index (χ1n) is 19.8. The van der Waals surface area contributed by atoms with E-state index in [1.54, 1.807) is 18.2 Å². The standard InChI is InChI=1S/C54H38N2O4/c57-53(42-13-4-1-5-14-42)59-51-34-30-49(31-35-51)55(45-16-6-2-7-17-45)47-26-22-40(23-27-47)41-24-28-48(29-25-41)56(46-18-8-3-9-19-46)50-32-36-52(37-33-50)60-54(58)44-21-20-39-12-10-11-15-43(39)38-44/h1-38H/p+2. The fourth-order valence-electron chi connectivity index (χ4n) is 7.47. The number of fused-ring (bicyclic) bond motifs is 1. The van der Waals surface area contributed by atoms with Gasteiger partial charge in [0.25, 0.3) is 0 Å². The van der Waals surface area contributed by atoms with E-state index in [9.17, 15) is 9.59 Å². The molecule has 0 aliphatic heterocycles. The van der Waals surface area contributed by atoms with Gasteiger partial charge in [-0.2, -0.15) is 0 Å². The lowest BCUT2D eigenvalue weighted by Crippen LogP contribution is -2.96. The molecule has 0 aliphatic rings. The van der Waals surface area contributed by atoms with Crippen molar-refractivity contribution < 1.29 is 28.9 Å². The molecule has 0 radical (unpaired) electrons. The number of rotatable bonds is 11. The summed E-state index contributed by atoms with van der Waals surface area (Å²) in [5.74, 6) is 0.190. The highest BCUT2D eigenvalue weighted by atomic mass is 16.5. The first kappa shape index (κ1) is 37.7. The zero-order valence-corrected chi connectivity index (χ0v) is 32.6. The minimum atomic E-state index is -0.392. The van der Waals surface area contributed by atoms with Crippen LogP contribution in [0.2, 0.25) is 0 Å². The third kappa shape index (κ3) is 8.37. The molecule has 2 unspecified atom stereocenters. The molecule has 9 aromatic rings. The Morgan fingerprint density at radius 1 is 0.300 bits per heavy atom. The van der Waals surface area contributed by atoms with Crippen LogP contribution in [0, 0.1) is 0 Å². The number of hydrogen-bond donors (Lipinski definition) is 2. The average molecular weight is 781 g/mol. The van der Waals surface area contributed by atoms with Crippen LogP contribution in [0.5, 0.6) is 11.5 Å². The molecular weight excluding hydrogens is 741 g/mol. The van der Waals surface area contributed by atoms with Crippen LogP contribution < -0.4 is 19.3 Å². The molecule has 0 saturated carbocycles. The van der Waals surface area contributed by atoms with Gasteiger partial charge in [-0.25, -0.2) is 19.4 Å². The Balaban J connectivity index is 0.934. The highest BCUT2D eigenvalue weighted by Gasteiger charge is 2.22. The molecule has 9 rings (SSSR count). The molecule has 0 heterocycles. The van der Waals surface area contributed by atoms with Gasteiger partial charge in [-0.05, 0) is 119 Å². The third-order valence-corrected chi connectivity index (χ3v) is 10.5. The van der Waals surface area contributed by atoms with Crippen LogP contribution in [0.1, 0.15) is 20.7 Å². The maximum absolute atomic E-state index is 13.1. The summed E-state index contributed by atoms with van der Waals surface area (Å²) < 4.78 is 11.5. The predicted octanol–water partition coefficient (Wildman–Crippen LogP) is 11.3. The van der Waals surface area contributed by atoms with Crippen molar-refractivity contribution in [3.8, 4) is 22.6 Å². The lowest BCUT2D eigenvalue weighted by atomic mass is 10.0. The summed E-state index contributed by atoms with van der Waals surface area (Å²) in [5.41, 5.74) is 9.54. The van der Waals surface area contributed by atoms with E-state index < -0.39 is 5.97 Å². The van der Waals surface area contributed by atoms with Gasteiger partial charge in [0.2, 0.25) is 0 Å². The van der Waals surface area contributed by atoms with E-state index in [0.717, 1.165) is 65.8 Å². The third-order valence-electron chi connectivity index (χ3n) is 10.5. The molecule has 0 fully saturated rings. The van der Waals surface area contributed by atoms with Gasteiger partial charge in [-0.15, -0.1) is 0 Å². The second-order valence-corrected chi connectivity index (χ2v) is 14.4. The molecular formula is C54H40N2O4+2. The molecule has 2 N–H and O–H groups in total. The lowest BCUT2D eigenvalue weighted by Gasteiger charge is -2.20.